The van der Waals surface area contributed by atoms with E-state index >= 15 is 0 Å². The van der Waals surface area contributed by atoms with E-state index in [1.54, 1.807) is 7.05 Å². The molecule has 3 heterocycles. The van der Waals surface area contributed by atoms with Gasteiger partial charge in [-0.2, -0.15) is 0 Å². The molecular weight excluding hydrogens is 394 g/mol. The summed E-state index contributed by atoms with van der Waals surface area (Å²) >= 11 is 0. The quantitative estimate of drug-likeness (QED) is 0.709. The lowest BCUT2D eigenvalue weighted by Crippen LogP contribution is -2.51. The number of piperidine rings is 1. The van der Waals surface area contributed by atoms with Crippen molar-refractivity contribution in [2.75, 3.05) is 33.2 Å². The van der Waals surface area contributed by atoms with Crippen LogP contribution in [0.15, 0.2) is 36.5 Å². The van der Waals surface area contributed by atoms with Crippen LogP contribution in [-0.2, 0) is 21.4 Å². The van der Waals surface area contributed by atoms with Gasteiger partial charge in [-0.15, -0.1) is 0 Å². The predicted octanol–water partition coefficient (Wildman–Crippen LogP) is 1.84. The Morgan fingerprint density at radius 3 is 2.71 bits per heavy atom. The summed E-state index contributed by atoms with van der Waals surface area (Å²) in [5.41, 5.74) is 2.99. The van der Waals surface area contributed by atoms with Crippen LogP contribution in [0.1, 0.15) is 30.5 Å². The van der Waals surface area contributed by atoms with Crippen LogP contribution in [-0.4, -0.2) is 75.7 Å². The Kier molecular flexibility index (Phi) is 4.72. The number of carbonyl (C=O) groups is 3. The summed E-state index contributed by atoms with van der Waals surface area (Å²) in [7, 11) is 1.57. The summed E-state index contributed by atoms with van der Waals surface area (Å²) in [6.45, 7) is 1.04. The Bertz CT molecular complexity index is 1050. The van der Waals surface area contributed by atoms with Crippen molar-refractivity contribution in [3.05, 3.63) is 47.8 Å². The molecule has 3 aliphatic rings. The normalized spacial score (nSPS) is 23.1. The Balaban J connectivity index is 1.38. The number of carbonyl (C=O) groups excluding carboxylic acids is 3. The molecule has 1 aromatic carbocycles. The number of aryl methyl sites for hydroxylation is 1. The fourth-order valence-corrected chi connectivity index (χ4v) is 5.07. The molecule has 2 aliphatic heterocycles. The van der Waals surface area contributed by atoms with Crippen LogP contribution in [0.5, 0.6) is 0 Å². The Labute approximate surface area is 180 Å². The van der Waals surface area contributed by atoms with E-state index in [2.05, 4.69) is 4.98 Å². The monoisotopic (exact) mass is 419 g/mol. The smallest absolute Gasteiger partial charge is 0.327 e. The van der Waals surface area contributed by atoms with E-state index in [1.165, 1.54) is 4.90 Å². The van der Waals surface area contributed by atoms with Gasteiger partial charge in [0.15, 0.2) is 5.82 Å². The van der Waals surface area contributed by atoms with E-state index in [4.69, 9.17) is 4.98 Å². The third-order valence-electron chi connectivity index (χ3n) is 6.73. The molecule has 0 N–H and O–H groups in total. The van der Waals surface area contributed by atoms with E-state index in [9.17, 15) is 14.4 Å². The topological polar surface area (TPSA) is 86.7 Å². The number of urea groups is 1. The summed E-state index contributed by atoms with van der Waals surface area (Å²) < 4.78 is 0. The number of hydrogen-bond donors (Lipinski definition) is 0. The second-order valence-electron chi connectivity index (χ2n) is 8.75. The molecule has 1 aliphatic carbocycles. The van der Waals surface area contributed by atoms with E-state index in [0.29, 0.717) is 18.9 Å². The van der Waals surface area contributed by atoms with Crippen LogP contribution in [0.3, 0.4) is 0 Å². The fraction of sp³-hybridized carbons (Fsp3) is 0.435. The molecule has 31 heavy (non-hydrogen) atoms. The zero-order chi connectivity index (χ0) is 21.6. The molecule has 5 rings (SSSR count). The minimum Gasteiger partial charge on any atom is -0.340 e. The predicted molar refractivity (Wildman–Crippen MR) is 113 cm³/mol. The first-order valence-electron chi connectivity index (χ1n) is 10.7. The molecule has 2 fully saturated rings. The summed E-state index contributed by atoms with van der Waals surface area (Å²) in [5.74, 6) is 0.210. The summed E-state index contributed by atoms with van der Waals surface area (Å²) in [5, 5.41) is 0. The zero-order valence-corrected chi connectivity index (χ0v) is 17.6. The zero-order valence-electron chi connectivity index (χ0n) is 17.6. The van der Waals surface area contributed by atoms with Gasteiger partial charge < -0.3 is 9.80 Å². The molecule has 160 valence electrons. The third-order valence-corrected chi connectivity index (χ3v) is 6.73. The number of aromatic nitrogens is 2. The lowest BCUT2D eigenvalue weighted by Gasteiger charge is -2.41. The lowest BCUT2D eigenvalue weighted by molar-refractivity contribution is -0.138. The first-order chi connectivity index (χ1) is 15.0. The molecule has 1 aromatic heterocycles. The fourth-order valence-electron chi connectivity index (χ4n) is 5.07. The van der Waals surface area contributed by atoms with Crippen molar-refractivity contribution in [1.29, 1.82) is 0 Å². The first-order valence-corrected chi connectivity index (χ1v) is 10.7. The second-order valence-corrected chi connectivity index (χ2v) is 8.75. The molecular formula is C23H25N5O3. The molecule has 0 saturated carbocycles. The van der Waals surface area contributed by atoms with Gasteiger partial charge in [0.05, 0.1) is 5.69 Å². The van der Waals surface area contributed by atoms with Gasteiger partial charge in [-0.1, -0.05) is 30.3 Å². The minimum atomic E-state index is -0.406. The SMILES string of the molecule is CN1CC(=O)N(CC(=O)N2CCCC3(CCc4cnc(-c5ccccc5)nc43)C2)C1=O. The minimum absolute atomic E-state index is 0.0304. The maximum atomic E-state index is 13.0. The largest absolute Gasteiger partial charge is 0.340 e. The van der Waals surface area contributed by atoms with Gasteiger partial charge in [0.1, 0.15) is 13.1 Å². The van der Waals surface area contributed by atoms with E-state index in [1.807, 2.05) is 41.4 Å². The Morgan fingerprint density at radius 1 is 1.16 bits per heavy atom. The molecule has 1 unspecified atom stereocenters. The number of fused-ring (bicyclic) bond motifs is 2. The summed E-state index contributed by atoms with van der Waals surface area (Å²) in [6, 6.07) is 9.51. The Hall–Kier alpha value is -3.29. The number of likely N-dealkylation sites (N-methyl/N-ethyl adjacent to an activating group) is 1. The molecule has 8 nitrogen and oxygen atoms in total. The number of benzene rings is 1. The van der Waals surface area contributed by atoms with Crippen LogP contribution in [0.25, 0.3) is 11.4 Å². The average Bonchev–Trinajstić information content (AvgIpc) is 3.25. The lowest BCUT2D eigenvalue weighted by atomic mass is 9.77. The molecule has 1 atom stereocenters. The van der Waals surface area contributed by atoms with Crippen molar-refractivity contribution in [2.24, 2.45) is 0 Å². The van der Waals surface area contributed by atoms with Crippen molar-refractivity contribution < 1.29 is 14.4 Å². The molecule has 8 heteroatoms. The van der Waals surface area contributed by atoms with Crippen molar-refractivity contribution in [2.45, 2.75) is 31.1 Å². The molecule has 2 aromatic rings. The van der Waals surface area contributed by atoms with Crippen LogP contribution >= 0.6 is 0 Å². The van der Waals surface area contributed by atoms with E-state index < -0.39 is 6.03 Å². The number of rotatable bonds is 3. The molecule has 0 bridgehead atoms. The van der Waals surface area contributed by atoms with Crippen molar-refractivity contribution in [3.8, 4) is 11.4 Å². The summed E-state index contributed by atoms with van der Waals surface area (Å²) in [6.07, 6.45) is 5.61. The average molecular weight is 419 g/mol. The molecule has 1 spiro atoms. The van der Waals surface area contributed by atoms with Crippen LogP contribution in [0.2, 0.25) is 0 Å². The van der Waals surface area contributed by atoms with Crippen LogP contribution < -0.4 is 0 Å². The van der Waals surface area contributed by atoms with Gasteiger partial charge in [0.2, 0.25) is 5.91 Å². The standard InChI is InChI=1S/C23H25N5O3/c1-26-13-19(30)28(22(26)31)14-18(29)27-11-5-9-23(15-27)10-8-17-12-24-21(25-20(17)23)16-6-3-2-4-7-16/h2-4,6-7,12H,5,8-11,13-15H2,1H3. The highest BCUT2D eigenvalue weighted by molar-refractivity contribution is 6.04. The third kappa shape index (κ3) is 3.36. The van der Waals surface area contributed by atoms with Gasteiger partial charge >= 0.3 is 6.03 Å². The van der Waals surface area contributed by atoms with Gasteiger partial charge in [0, 0.05) is 37.3 Å². The highest BCUT2D eigenvalue weighted by Gasteiger charge is 2.45. The van der Waals surface area contributed by atoms with Gasteiger partial charge in [-0.25, -0.2) is 14.8 Å². The number of amides is 4. The van der Waals surface area contributed by atoms with Crippen LogP contribution in [0.4, 0.5) is 4.79 Å². The van der Waals surface area contributed by atoms with Gasteiger partial charge in [-0.3, -0.25) is 14.5 Å². The van der Waals surface area contributed by atoms with Crippen molar-refractivity contribution in [1.82, 2.24) is 24.7 Å². The number of hydrogen-bond acceptors (Lipinski definition) is 5. The summed E-state index contributed by atoms with van der Waals surface area (Å²) in [4.78, 5) is 51.0. The first kappa shape index (κ1) is 19.7. The van der Waals surface area contributed by atoms with E-state index in [-0.39, 0.29) is 30.3 Å². The number of likely N-dealkylation sites (tertiary alicyclic amines) is 1. The number of imide groups is 1. The molecule has 2 saturated heterocycles. The highest BCUT2D eigenvalue weighted by atomic mass is 16.2. The number of nitrogens with zero attached hydrogens (tertiary/aromatic N) is 5. The maximum absolute atomic E-state index is 13.0. The maximum Gasteiger partial charge on any atom is 0.327 e. The van der Waals surface area contributed by atoms with Crippen molar-refractivity contribution >= 4 is 17.8 Å². The van der Waals surface area contributed by atoms with Gasteiger partial charge in [-0.05, 0) is 31.2 Å². The van der Waals surface area contributed by atoms with Crippen molar-refractivity contribution in [3.63, 3.8) is 0 Å². The Morgan fingerprint density at radius 2 is 1.97 bits per heavy atom. The molecule has 0 radical (unpaired) electrons. The highest BCUT2D eigenvalue weighted by Crippen LogP contribution is 2.44. The molecule has 4 amide bonds. The van der Waals surface area contributed by atoms with Crippen LogP contribution in [0, 0.1) is 0 Å². The van der Waals surface area contributed by atoms with Gasteiger partial charge in [0.25, 0.3) is 5.91 Å². The van der Waals surface area contributed by atoms with E-state index in [0.717, 1.165) is 47.4 Å². The second kappa shape index (κ2) is 7.44.